The minimum absolute atomic E-state index is 0.0824. The summed E-state index contributed by atoms with van der Waals surface area (Å²) in [5.74, 6) is -0.930. The molecule has 1 fully saturated rings. The van der Waals surface area contributed by atoms with Gasteiger partial charge in [0.2, 0.25) is 17.8 Å². The van der Waals surface area contributed by atoms with Crippen molar-refractivity contribution in [2.45, 2.75) is 44.9 Å². The molecule has 0 aliphatic carbocycles. The van der Waals surface area contributed by atoms with E-state index in [2.05, 4.69) is 20.6 Å². The van der Waals surface area contributed by atoms with Crippen LogP contribution in [-0.4, -0.2) is 34.9 Å². The van der Waals surface area contributed by atoms with Gasteiger partial charge in [-0.25, -0.2) is 0 Å². The molecule has 3 heterocycles. The van der Waals surface area contributed by atoms with Crippen LogP contribution in [0.3, 0.4) is 0 Å². The maximum absolute atomic E-state index is 13.0. The summed E-state index contributed by atoms with van der Waals surface area (Å²) in [5, 5.41) is 5.56. The molecule has 1 saturated heterocycles. The lowest BCUT2D eigenvalue weighted by molar-refractivity contribution is -0.123. The van der Waals surface area contributed by atoms with Crippen LogP contribution in [0, 0.1) is 0 Å². The fourth-order valence-corrected chi connectivity index (χ4v) is 4.01. The Morgan fingerprint density at radius 3 is 2.72 bits per heavy atom. The van der Waals surface area contributed by atoms with E-state index in [9.17, 15) is 14.4 Å². The second-order valence-electron chi connectivity index (χ2n) is 7.50. The Morgan fingerprint density at radius 1 is 1.21 bits per heavy atom. The van der Waals surface area contributed by atoms with Crippen LogP contribution in [0.5, 0.6) is 0 Å². The van der Waals surface area contributed by atoms with E-state index in [1.807, 2.05) is 36.1 Å². The number of para-hydroxylation sites is 1. The van der Waals surface area contributed by atoms with Crippen molar-refractivity contribution in [3.63, 3.8) is 0 Å². The van der Waals surface area contributed by atoms with Gasteiger partial charge in [0.15, 0.2) is 0 Å². The number of carbonyl (C=O) groups is 2. The summed E-state index contributed by atoms with van der Waals surface area (Å²) in [5.41, 5.74) is 1.53. The van der Waals surface area contributed by atoms with Crippen LogP contribution in [0.25, 0.3) is 0 Å². The molecule has 4 rings (SSSR count). The van der Waals surface area contributed by atoms with Crippen molar-refractivity contribution in [1.82, 2.24) is 9.97 Å². The minimum Gasteiger partial charge on any atom is -0.342 e. The van der Waals surface area contributed by atoms with E-state index in [-0.39, 0.29) is 35.2 Å². The summed E-state index contributed by atoms with van der Waals surface area (Å²) >= 11 is 0. The fraction of sp³-hybridized carbons (Fsp3) is 0.429. The molecule has 0 bridgehead atoms. The second-order valence-corrected chi connectivity index (χ2v) is 7.50. The van der Waals surface area contributed by atoms with Gasteiger partial charge in [-0.05, 0) is 37.3 Å². The normalized spacial score (nSPS) is 18.7. The van der Waals surface area contributed by atoms with Gasteiger partial charge in [-0.3, -0.25) is 19.4 Å². The van der Waals surface area contributed by atoms with Crippen LogP contribution < -0.4 is 21.1 Å². The first kappa shape index (κ1) is 19.2. The number of rotatable bonds is 4. The smallest absolute Gasteiger partial charge is 0.258 e. The first-order valence-corrected chi connectivity index (χ1v) is 10.1. The molecule has 2 aliphatic rings. The Bertz CT molecular complexity index is 994. The molecular weight excluding hydrogens is 370 g/mol. The predicted octanol–water partition coefficient (Wildman–Crippen LogP) is 2.39. The SMILES string of the molecule is CCc1ccccc1NC(=O)[C@H]1CC(=O)Nc2nc(N3CCCCC3)[nH]c(=O)c21. The van der Waals surface area contributed by atoms with Gasteiger partial charge >= 0.3 is 0 Å². The fourth-order valence-electron chi connectivity index (χ4n) is 4.01. The molecule has 8 heteroatoms. The van der Waals surface area contributed by atoms with Crippen molar-refractivity contribution < 1.29 is 9.59 Å². The molecule has 3 N–H and O–H groups in total. The summed E-state index contributed by atoms with van der Waals surface area (Å²) in [7, 11) is 0. The van der Waals surface area contributed by atoms with E-state index >= 15 is 0 Å². The van der Waals surface area contributed by atoms with Gasteiger partial charge in [-0.2, -0.15) is 4.98 Å². The number of nitrogens with one attached hydrogen (secondary N) is 3. The van der Waals surface area contributed by atoms with E-state index in [4.69, 9.17) is 0 Å². The number of fused-ring (bicyclic) bond motifs is 1. The average molecular weight is 395 g/mol. The average Bonchev–Trinajstić information content (AvgIpc) is 2.73. The third-order valence-electron chi connectivity index (χ3n) is 5.57. The Morgan fingerprint density at radius 2 is 1.97 bits per heavy atom. The van der Waals surface area contributed by atoms with Crippen LogP contribution in [0.2, 0.25) is 0 Å². The van der Waals surface area contributed by atoms with Crippen molar-refractivity contribution in [2.75, 3.05) is 28.6 Å². The Kier molecular flexibility index (Phi) is 5.33. The van der Waals surface area contributed by atoms with Gasteiger partial charge in [-0.1, -0.05) is 25.1 Å². The molecule has 0 saturated carbocycles. The molecule has 0 unspecified atom stereocenters. The summed E-state index contributed by atoms with van der Waals surface area (Å²) in [4.78, 5) is 47.4. The summed E-state index contributed by atoms with van der Waals surface area (Å²) < 4.78 is 0. The predicted molar refractivity (Wildman–Crippen MR) is 111 cm³/mol. The number of nitrogens with zero attached hydrogens (tertiary/aromatic N) is 2. The molecule has 1 atom stereocenters. The lowest BCUT2D eigenvalue weighted by atomic mass is 9.92. The lowest BCUT2D eigenvalue weighted by Crippen LogP contribution is -2.38. The quantitative estimate of drug-likeness (QED) is 0.737. The Labute approximate surface area is 168 Å². The lowest BCUT2D eigenvalue weighted by Gasteiger charge is -2.29. The first-order valence-electron chi connectivity index (χ1n) is 10.1. The number of aromatic amines is 1. The monoisotopic (exact) mass is 395 g/mol. The van der Waals surface area contributed by atoms with Gasteiger partial charge in [-0.15, -0.1) is 0 Å². The van der Waals surface area contributed by atoms with E-state index < -0.39 is 5.92 Å². The highest BCUT2D eigenvalue weighted by Gasteiger charge is 2.35. The number of hydrogen-bond donors (Lipinski definition) is 3. The van der Waals surface area contributed by atoms with Crippen LogP contribution in [-0.2, 0) is 16.0 Å². The molecule has 152 valence electrons. The van der Waals surface area contributed by atoms with Crippen molar-refractivity contribution in [3.8, 4) is 0 Å². The standard InChI is InChI=1S/C21H25N5O3/c1-2-13-8-4-5-9-15(13)22-19(28)14-12-16(27)23-18-17(14)20(29)25-21(24-18)26-10-6-3-7-11-26/h4-5,8-9,14H,2-3,6-7,10-12H2,1H3,(H,22,28)(H2,23,24,25,27,29)/t14-/m0/s1. The summed E-state index contributed by atoms with van der Waals surface area (Å²) in [6.45, 7) is 3.63. The third-order valence-corrected chi connectivity index (χ3v) is 5.57. The van der Waals surface area contributed by atoms with Crippen molar-refractivity contribution in [3.05, 3.63) is 45.7 Å². The number of H-pyrrole nitrogens is 1. The van der Waals surface area contributed by atoms with Gasteiger partial charge in [0.25, 0.3) is 5.56 Å². The van der Waals surface area contributed by atoms with Crippen LogP contribution in [0.4, 0.5) is 17.5 Å². The number of carbonyl (C=O) groups excluding carboxylic acids is 2. The van der Waals surface area contributed by atoms with Gasteiger partial charge < -0.3 is 15.5 Å². The van der Waals surface area contributed by atoms with Crippen LogP contribution in [0.1, 0.15) is 49.7 Å². The highest BCUT2D eigenvalue weighted by molar-refractivity contribution is 6.04. The van der Waals surface area contributed by atoms with E-state index in [0.29, 0.717) is 11.6 Å². The Hall–Kier alpha value is -3.16. The summed E-state index contributed by atoms with van der Waals surface area (Å²) in [6, 6.07) is 7.52. The largest absolute Gasteiger partial charge is 0.342 e. The molecule has 29 heavy (non-hydrogen) atoms. The maximum Gasteiger partial charge on any atom is 0.258 e. The number of benzene rings is 1. The molecular formula is C21H25N5O3. The zero-order chi connectivity index (χ0) is 20.4. The second kappa shape index (κ2) is 8.06. The van der Waals surface area contributed by atoms with Gasteiger partial charge in [0.1, 0.15) is 5.82 Å². The maximum atomic E-state index is 13.0. The number of piperidine rings is 1. The highest BCUT2D eigenvalue weighted by Crippen LogP contribution is 2.31. The van der Waals surface area contributed by atoms with Gasteiger partial charge in [0.05, 0.1) is 11.5 Å². The minimum atomic E-state index is -0.879. The van der Waals surface area contributed by atoms with Crippen molar-refractivity contribution >= 4 is 29.3 Å². The number of amides is 2. The topological polar surface area (TPSA) is 107 Å². The molecule has 8 nitrogen and oxygen atoms in total. The first-order chi connectivity index (χ1) is 14.1. The number of hydrogen-bond acceptors (Lipinski definition) is 5. The van der Waals surface area contributed by atoms with Crippen LogP contribution in [0.15, 0.2) is 29.1 Å². The molecule has 2 aromatic rings. The molecule has 2 amide bonds. The summed E-state index contributed by atoms with van der Waals surface area (Å²) in [6.07, 6.45) is 3.91. The van der Waals surface area contributed by atoms with Crippen molar-refractivity contribution in [2.24, 2.45) is 0 Å². The number of anilines is 3. The Balaban J connectivity index is 1.65. The van der Waals surface area contributed by atoms with Gasteiger partial charge in [0, 0.05) is 25.2 Å². The number of aromatic nitrogens is 2. The zero-order valence-electron chi connectivity index (χ0n) is 16.5. The molecule has 0 spiro atoms. The highest BCUT2D eigenvalue weighted by atomic mass is 16.2. The molecule has 0 radical (unpaired) electrons. The van der Waals surface area contributed by atoms with Crippen molar-refractivity contribution in [1.29, 1.82) is 0 Å². The molecule has 1 aromatic heterocycles. The molecule has 1 aromatic carbocycles. The third kappa shape index (κ3) is 3.87. The van der Waals surface area contributed by atoms with E-state index in [1.165, 1.54) is 0 Å². The van der Waals surface area contributed by atoms with E-state index in [1.54, 1.807) is 0 Å². The molecule has 2 aliphatic heterocycles. The zero-order valence-corrected chi connectivity index (χ0v) is 16.5. The van der Waals surface area contributed by atoms with E-state index in [0.717, 1.165) is 44.3 Å². The number of aryl methyl sites for hydroxylation is 1. The van der Waals surface area contributed by atoms with Crippen LogP contribution >= 0.6 is 0 Å².